The van der Waals surface area contributed by atoms with Gasteiger partial charge in [0.1, 0.15) is 17.5 Å². The Hall–Kier alpha value is -1.40. The average molecular weight is 265 g/mol. The van der Waals surface area contributed by atoms with Crippen LogP contribution >= 0.6 is 0 Å². The summed E-state index contributed by atoms with van der Waals surface area (Å²) in [7, 11) is 0. The van der Waals surface area contributed by atoms with Crippen molar-refractivity contribution >= 4 is 11.6 Å². The van der Waals surface area contributed by atoms with Crippen LogP contribution in [0.15, 0.2) is 6.07 Å². The predicted octanol–water partition coefficient (Wildman–Crippen LogP) is 1.09. The third kappa shape index (κ3) is 3.33. The second-order valence-electron chi connectivity index (χ2n) is 5.41. The smallest absolute Gasteiger partial charge is 0.145 e. The highest BCUT2D eigenvalue weighted by atomic mass is 16.3. The Morgan fingerprint density at radius 3 is 2.95 bits per heavy atom. The summed E-state index contributed by atoms with van der Waals surface area (Å²) in [6.07, 6.45) is 2.16. The Morgan fingerprint density at radius 1 is 1.53 bits per heavy atom. The van der Waals surface area contributed by atoms with E-state index >= 15 is 0 Å². The van der Waals surface area contributed by atoms with Crippen molar-refractivity contribution in [2.75, 3.05) is 30.0 Å². The van der Waals surface area contributed by atoms with Gasteiger partial charge in [-0.25, -0.2) is 15.8 Å². The zero-order chi connectivity index (χ0) is 13.8. The first-order valence-corrected chi connectivity index (χ1v) is 6.85. The topological polar surface area (TPSA) is 87.3 Å². The lowest BCUT2D eigenvalue weighted by molar-refractivity contribution is 0.208. The van der Waals surface area contributed by atoms with E-state index in [-0.39, 0.29) is 12.5 Å². The third-order valence-electron chi connectivity index (χ3n) is 3.50. The van der Waals surface area contributed by atoms with Gasteiger partial charge in [-0.3, -0.25) is 0 Å². The molecule has 106 valence electrons. The second kappa shape index (κ2) is 6.16. The zero-order valence-corrected chi connectivity index (χ0v) is 11.6. The maximum atomic E-state index is 9.31. The number of nitrogens with zero attached hydrogens (tertiary/aromatic N) is 3. The van der Waals surface area contributed by atoms with Crippen molar-refractivity contribution in [2.45, 2.75) is 32.6 Å². The van der Waals surface area contributed by atoms with Gasteiger partial charge < -0.3 is 15.4 Å². The molecular formula is C13H23N5O. The first-order valence-electron chi connectivity index (χ1n) is 6.85. The number of hydrogen-bond donors (Lipinski definition) is 3. The molecule has 1 aliphatic heterocycles. The van der Waals surface area contributed by atoms with Gasteiger partial charge >= 0.3 is 0 Å². The van der Waals surface area contributed by atoms with Crippen LogP contribution in [-0.2, 0) is 0 Å². The van der Waals surface area contributed by atoms with Gasteiger partial charge in [0.15, 0.2) is 0 Å². The number of piperidine rings is 1. The van der Waals surface area contributed by atoms with Crippen LogP contribution in [0.5, 0.6) is 0 Å². The van der Waals surface area contributed by atoms with Crippen molar-refractivity contribution in [1.82, 2.24) is 9.97 Å². The minimum absolute atomic E-state index is 0.237. The molecule has 1 aromatic rings. The minimum Gasteiger partial charge on any atom is -0.396 e. The van der Waals surface area contributed by atoms with Gasteiger partial charge in [0.2, 0.25) is 0 Å². The van der Waals surface area contributed by atoms with Crippen LogP contribution in [0.25, 0.3) is 0 Å². The summed E-state index contributed by atoms with van der Waals surface area (Å²) < 4.78 is 0. The first-order chi connectivity index (χ1) is 9.13. The fraction of sp³-hybridized carbons (Fsp3) is 0.692. The number of aliphatic hydroxyl groups is 1. The van der Waals surface area contributed by atoms with Gasteiger partial charge in [-0.2, -0.15) is 0 Å². The Balaban J connectivity index is 2.25. The summed E-state index contributed by atoms with van der Waals surface area (Å²) in [4.78, 5) is 11.2. The molecule has 2 rings (SSSR count). The number of hydrazine groups is 1. The number of rotatable bonds is 4. The van der Waals surface area contributed by atoms with E-state index < -0.39 is 0 Å². The van der Waals surface area contributed by atoms with Crippen molar-refractivity contribution in [2.24, 2.45) is 11.8 Å². The fourth-order valence-corrected chi connectivity index (χ4v) is 2.37. The van der Waals surface area contributed by atoms with Crippen LogP contribution in [0, 0.1) is 5.92 Å². The molecule has 6 heteroatoms. The molecule has 1 fully saturated rings. The van der Waals surface area contributed by atoms with Crippen LogP contribution in [-0.4, -0.2) is 34.8 Å². The average Bonchev–Trinajstić information content (AvgIpc) is 2.46. The number of aliphatic hydroxyl groups excluding tert-OH is 1. The molecule has 0 aliphatic carbocycles. The SMILES string of the molecule is CC(C)c1nc(NN)cc(N2CCCC(CO)C2)n1. The highest BCUT2D eigenvalue weighted by Crippen LogP contribution is 2.24. The van der Waals surface area contributed by atoms with Crippen LogP contribution in [0.2, 0.25) is 0 Å². The van der Waals surface area contributed by atoms with E-state index in [0.717, 1.165) is 37.6 Å². The van der Waals surface area contributed by atoms with E-state index in [9.17, 15) is 5.11 Å². The Kier molecular flexibility index (Phi) is 4.55. The molecule has 6 nitrogen and oxygen atoms in total. The maximum Gasteiger partial charge on any atom is 0.145 e. The Bertz CT molecular complexity index is 423. The molecular weight excluding hydrogens is 242 g/mol. The van der Waals surface area contributed by atoms with Gasteiger partial charge in [0.05, 0.1) is 0 Å². The molecule has 1 saturated heterocycles. The molecule has 1 unspecified atom stereocenters. The molecule has 0 bridgehead atoms. The number of aromatic nitrogens is 2. The van der Waals surface area contributed by atoms with E-state index in [1.807, 2.05) is 6.07 Å². The lowest BCUT2D eigenvalue weighted by atomic mass is 9.99. The normalized spacial score (nSPS) is 19.8. The molecule has 1 aromatic heterocycles. The predicted molar refractivity (Wildman–Crippen MR) is 76.0 cm³/mol. The van der Waals surface area contributed by atoms with Crippen molar-refractivity contribution in [1.29, 1.82) is 0 Å². The Labute approximate surface area is 114 Å². The lowest BCUT2D eigenvalue weighted by Gasteiger charge is -2.33. The fourth-order valence-electron chi connectivity index (χ4n) is 2.37. The van der Waals surface area contributed by atoms with E-state index in [1.54, 1.807) is 0 Å². The zero-order valence-electron chi connectivity index (χ0n) is 11.6. The van der Waals surface area contributed by atoms with Crippen molar-refractivity contribution < 1.29 is 5.11 Å². The summed E-state index contributed by atoms with van der Waals surface area (Å²) in [6.45, 7) is 6.17. The molecule has 0 saturated carbocycles. The van der Waals surface area contributed by atoms with E-state index in [4.69, 9.17) is 5.84 Å². The van der Waals surface area contributed by atoms with E-state index in [2.05, 4.69) is 34.1 Å². The molecule has 0 spiro atoms. The molecule has 2 heterocycles. The third-order valence-corrected chi connectivity index (χ3v) is 3.50. The minimum atomic E-state index is 0.237. The van der Waals surface area contributed by atoms with Gasteiger partial charge in [0, 0.05) is 31.7 Å². The first kappa shape index (κ1) is 14.0. The van der Waals surface area contributed by atoms with Crippen molar-refractivity contribution in [3.8, 4) is 0 Å². The quantitative estimate of drug-likeness (QED) is 0.558. The van der Waals surface area contributed by atoms with Crippen LogP contribution < -0.4 is 16.2 Å². The highest BCUT2D eigenvalue weighted by Gasteiger charge is 2.21. The van der Waals surface area contributed by atoms with Crippen molar-refractivity contribution in [3.63, 3.8) is 0 Å². The number of nitrogens with two attached hydrogens (primary N) is 1. The van der Waals surface area contributed by atoms with Gasteiger partial charge in [-0.15, -0.1) is 0 Å². The standard InChI is InChI=1S/C13H23N5O/c1-9(2)13-15-11(17-14)6-12(16-13)18-5-3-4-10(7-18)8-19/h6,9-10,19H,3-5,7-8,14H2,1-2H3,(H,15,16,17). The Morgan fingerprint density at radius 2 is 2.32 bits per heavy atom. The summed E-state index contributed by atoms with van der Waals surface area (Å²) in [5.41, 5.74) is 2.60. The lowest BCUT2D eigenvalue weighted by Crippen LogP contribution is -2.37. The van der Waals surface area contributed by atoms with Gasteiger partial charge in [0.25, 0.3) is 0 Å². The van der Waals surface area contributed by atoms with Crippen molar-refractivity contribution in [3.05, 3.63) is 11.9 Å². The summed E-state index contributed by atoms with van der Waals surface area (Å²) in [5, 5.41) is 9.31. The largest absolute Gasteiger partial charge is 0.396 e. The molecule has 0 radical (unpaired) electrons. The number of nitrogens with one attached hydrogen (secondary N) is 1. The molecule has 4 N–H and O–H groups in total. The van der Waals surface area contributed by atoms with E-state index in [0.29, 0.717) is 11.7 Å². The number of hydrogen-bond acceptors (Lipinski definition) is 6. The molecule has 0 aromatic carbocycles. The molecule has 1 atom stereocenters. The van der Waals surface area contributed by atoms with Crippen LogP contribution in [0.4, 0.5) is 11.6 Å². The molecule has 1 aliphatic rings. The molecule has 0 amide bonds. The van der Waals surface area contributed by atoms with Crippen LogP contribution in [0.1, 0.15) is 38.4 Å². The number of anilines is 2. The highest BCUT2D eigenvalue weighted by molar-refractivity contribution is 5.49. The summed E-state index contributed by atoms with van der Waals surface area (Å²) in [6, 6.07) is 1.87. The van der Waals surface area contributed by atoms with Crippen LogP contribution in [0.3, 0.4) is 0 Å². The number of nitrogen functional groups attached to an aromatic ring is 1. The maximum absolute atomic E-state index is 9.31. The second-order valence-corrected chi connectivity index (χ2v) is 5.41. The summed E-state index contributed by atoms with van der Waals surface area (Å²) in [5.74, 6) is 8.38. The molecule has 19 heavy (non-hydrogen) atoms. The summed E-state index contributed by atoms with van der Waals surface area (Å²) >= 11 is 0. The van der Waals surface area contributed by atoms with Gasteiger partial charge in [-0.1, -0.05) is 13.8 Å². The van der Waals surface area contributed by atoms with E-state index in [1.165, 1.54) is 0 Å². The monoisotopic (exact) mass is 265 g/mol. The van der Waals surface area contributed by atoms with Gasteiger partial charge in [-0.05, 0) is 18.8 Å².